The van der Waals surface area contributed by atoms with E-state index in [1.54, 1.807) is 7.11 Å². The highest BCUT2D eigenvalue weighted by atomic mass is 16.7. The first-order valence-electron chi connectivity index (χ1n) is 13.9. The zero-order chi connectivity index (χ0) is 24.4. The van der Waals surface area contributed by atoms with Gasteiger partial charge in [-0.2, -0.15) is 0 Å². The van der Waals surface area contributed by atoms with E-state index in [1.807, 2.05) is 12.1 Å². The van der Waals surface area contributed by atoms with Crippen LogP contribution in [0.25, 0.3) is 6.08 Å². The number of ketones is 1. The smallest absolute Gasteiger partial charge is 0.169 e. The van der Waals surface area contributed by atoms with Crippen molar-refractivity contribution in [3.8, 4) is 5.75 Å². The molecule has 4 saturated carbocycles. The molecule has 6 rings (SSSR count). The van der Waals surface area contributed by atoms with E-state index in [2.05, 4.69) is 39.0 Å². The lowest BCUT2D eigenvalue weighted by Crippen LogP contribution is -2.55. The predicted octanol–water partition coefficient (Wildman–Crippen LogP) is 6.68. The zero-order valence-corrected chi connectivity index (χ0v) is 22.0. The molecule has 1 saturated heterocycles. The first kappa shape index (κ1) is 23.7. The van der Waals surface area contributed by atoms with Crippen molar-refractivity contribution in [1.29, 1.82) is 0 Å². The Hall–Kier alpha value is -1.65. The lowest BCUT2D eigenvalue weighted by molar-refractivity contribution is -0.217. The maximum Gasteiger partial charge on any atom is 0.169 e. The summed E-state index contributed by atoms with van der Waals surface area (Å²) < 4.78 is 17.7. The monoisotopic (exact) mass is 478 g/mol. The molecule has 1 aromatic carbocycles. The molecule has 4 aliphatic carbocycles. The SMILES string of the molecule is COc1ccc(/C=C2/C[C@@]3(C)[C@@H](CC[C@@H]4[C@H]3CC[C@]3(C)[C@@H]4CC[C@H]3C3(C)OCCO3)CC2=O)cc1. The molecule has 190 valence electrons. The number of ether oxygens (including phenoxy) is 3. The molecule has 0 unspecified atom stereocenters. The molecular weight excluding hydrogens is 436 g/mol. The second kappa shape index (κ2) is 8.45. The topological polar surface area (TPSA) is 44.8 Å². The lowest BCUT2D eigenvalue weighted by atomic mass is 9.44. The molecule has 5 aliphatic rings. The van der Waals surface area contributed by atoms with Gasteiger partial charge < -0.3 is 14.2 Å². The molecule has 7 atom stereocenters. The van der Waals surface area contributed by atoms with Crippen LogP contribution in [-0.4, -0.2) is 31.9 Å². The lowest BCUT2D eigenvalue weighted by Gasteiger charge is -2.61. The number of allylic oxidation sites excluding steroid dienone is 1. The van der Waals surface area contributed by atoms with Gasteiger partial charge in [0.15, 0.2) is 11.6 Å². The van der Waals surface area contributed by atoms with Crippen molar-refractivity contribution in [2.24, 2.45) is 40.4 Å². The van der Waals surface area contributed by atoms with E-state index in [-0.39, 0.29) is 5.41 Å². The highest BCUT2D eigenvalue weighted by Crippen LogP contribution is 2.69. The van der Waals surface area contributed by atoms with Crippen LogP contribution in [0.4, 0.5) is 0 Å². The largest absolute Gasteiger partial charge is 0.497 e. The van der Waals surface area contributed by atoms with E-state index in [1.165, 1.54) is 38.5 Å². The molecule has 0 amide bonds. The highest BCUT2D eigenvalue weighted by molar-refractivity contribution is 6.00. The Bertz CT molecular complexity index is 1010. The summed E-state index contributed by atoms with van der Waals surface area (Å²) in [5.41, 5.74) is 2.66. The second-order valence-corrected chi connectivity index (χ2v) is 12.8. The van der Waals surface area contributed by atoms with Gasteiger partial charge in [0, 0.05) is 12.3 Å². The van der Waals surface area contributed by atoms with Crippen LogP contribution in [0.3, 0.4) is 0 Å². The van der Waals surface area contributed by atoms with Crippen molar-refractivity contribution in [1.82, 2.24) is 0 Å². The average Bonchev–Trinajstić information content (AvgIpc) is 3.44. The van der Waals surface area contributed by atoms with Crippen LogP contribution in [0.1, 0.15) is 77.7 Å². The molecule has 35 heavy (non-hydrogen) atoms. The Morgan fingerprint density at radius 2 is 1.63 bits per heavy atom. The fraction of sp³-hybridized carbons (Fsp3) is 0.710. The average molecular weight is 479 g/mol. The molecule has 1 aromatic rings. The van der Waals surface area contributed by atoms with Crippen molar-refractivity contribution >= 4 is 11.9 Å². The minimum Gasteiger partial charge on any atom is -0.497 e. The molecule has 1 heterocycles. The van der Waals surface area contributed by atoms with Crippen molar-refractivity contribution in [3.63, 3.8) is 0 Å². The number of Topliss-reactive ketones (excluding diaryl/α,β-unsaturated/α-hetero) is 1. The summed E-state index contributed by atoms with van der Waals surface area (Å²) in [7, 11) is 1.69. The summed E-state index contributed by atoms with van der Waals surface area (Å²) >= 11 is 0. The molecule has 5 fully saturated rings. The van der Waals surface area contributed by atoms with Crippen molar-refractivity contribution in [2.75, 3.05) is 20.3 Å². The number of hydrogen-bond acceptors (Lipinski definition) is 4. The van der Waals surface area contributed by atoms with E-state index in [9.17, 15) is 4.79 Å². The van der Waals surface area contributed by atoms with Crippen LogP contribution < -0.4 is 4.74 Å². The Balaban J connectivity index is 1.26. The van der Waals surface area contributed by atoms with Crippen LogP contribution in [0.2, 0.25) is 0 Å². The molecule has 0 spiro atoms. The number of methoxy groups -OCH3 is 1. The number of carbonyl (C=O) groups excluding carboxylic acids is 1. The van der Waals surface area contributed by atoms with Crippen LogP contribution in [0.15, 0.2) is 29.8 Å². The summed E-state index contributed by atoms with van der Waals surface area (Å²) in [4.78, 5) is 13.2. The number of benzene rings is 1. The maximum absolute atomic E-state index is 13.2. The van der Waals surface area contributed by atoms with Gasteiger partial charge in [-0.1, -0.05) is 26.0 Å². The fourth-order valence-electron chi connectivity index (χ4n) is 9.64. The Labute approximate surface area is 210 Å². The Morgan fingerprint density at radius 3 is 2.34 bits per heavy atom. The van der Waals surface area contributed by atoms with Gasteiger partial charge in [0.25, 0.3) is 0 Å². The zero-order valence-electron chi connectivity index (χ0n) is 22.0. The molecule has 1 aliphatic heterocycles. The van der Waals surface area contributed by atoms with Gasteiger partial charge in [0.1, 0.15) is 5.75 Å². The van der Waals surface area contributed by atoms with E-state index in [0.29, 0.717) is 29.0 Å². The fourth-order valence-corrected chi connectivity index (χ4v) is 9.64. The number of rotatable bonds is 3. The molecule has 0 N–H and O–H groups in total. The van der Waals surface area contributed by atoms with E-state index >= 15 is 0 Å². The van der Waals surface area contributed by atoms with Crippen LogP contribution >= 0.6 is 0 Å². The third-order valence-corrected chi connectivity index (χ3v) is 11.4. The molecule has 0 bridgehead atoms. The number of carbonyl (C=O) groups is 1. The van der Waals surface area contributed by atoms with Crippen LogP contribution in [0, 0.1) is 40.4 Å². The first-order chi connectivity index (χ1) is 16.8. The standard InChI is InChI=1S/C31H42O4/c1-29-14-13-26-24(25(29)11-12-28(29)31(3)34-15-16-35-31)10-7-22-18-27(32)21(19-30(22,26)2)17-20-5-8-23(33-4)9-6-20/h5-6,8-9,17,22,24-26,28H,7,10-16,18-19H2,1-4H3/b21-17-/t22-,24-,25+,26+,28+,29+,30-/m0/s1. The summed E-state index contributed by atoms with van der Waals surface area (Å²) in [5.74, 6) is 4.07. The number of hydrogen-bond donors (Lipinski definition) is 0. The number of fused-ring (bicyclic) bond motifs is 5. The Kier molecular flexibility index (Phi) is 5.73. The van der Waals surface area contributed by atoms with Crippen molar-refractivity contribution in [3.05, 3.63) is 35.4 Å². The minimum absolute atomic E-state index is 0.221. The molecule has 0 radical (unpaired) electrons. The van der Waals surface area contributed by atoms with Crippen LogP contribution in [-0.2, 0) is 14.3 Å². The molecule has 4 nitrogen and oxygen atoms in total. The van der Waals surface area contributed by atoms with Gasteiger partial charge in [-0.25, -0.2) is 0 Å². The second-order valence-electron chi connectivity index (χ2n) is 12.8. The Morgan fingerprint density at radius 1 is 0.914 bits per heavy atom. The molecule has 4 heteroatoms. The van der Waals surface area contributed by atoms with E-state index in [0.717, 1.165) is 54.8 Å². The third kappa shape index (κ3) is 3.65. The molecular formula is C31H42O4. The van der Waals surface area contributed by atoms with Crippen molar-refractivity contribution in [2.45, 2.75) is 77.9 Å². The maximum atomic E-state index is 13.2. The first-order valence-corrected chi connectivity index (χ1v) is 13.9. The van der Waals surface area contributed by atoms with Crippen LogP contribution in [0.5, 0.6) is 5.75 Å². The minimum atomic E-state index is -0.400. The summed E-state index contributed by atoms with van der Waals surface area (Å²) in [6.45, 7) is 8.75. The summed E-state index contributed by atoms with van der Waals surface area (Å²) in [6, 6.07) is 8.10. The van der Waals surface area contributed by atoms with Gasteiger partial charge in [-0.05, 0) is 116 Å². The van der Waals surface area contributed by atoms with E-state index in [4.69, 9.17) is 14.2 Å². The van der Waals surface area contributed by atoms with Gasteiger partial charge in [-0.3, -0.25) is 4.79 Å². The summed E-state index contributed by atoms with van der Waals surface area (Å²) in [6.07, 6.45) is 11.4. The van der Waals surface area contributed by atoms with Gasteiger partial charge >= 0.3 is 0 Å². The van der Waals surface area contributed by atoms with E-state index < -0.39 is 5.79 Å². The normalized spacial score (nSPS) is 43.5. The quantitative estimate of drug-likeness (QED) is 0.455. The highest BCUT2D eigenvalue weighted by Gasteiger charge is 2.64. The van der Waals surface area contributed by atoms with Gasteiger partial charge in [0.2, 0.25) is 0 Å². The summed E-state index contributed by atoms with van der Waals surface area (Å²) in [5, 5.41) is 0. The van der Waals surface area contributed by atoms with Crippen molar-refractivity contribution < 1.29 is 19.0 Å². The predicted molar refractivity (Wildman–Crippen MR) is 137 cm³/mol. The van der Waals surface area contributed by atoms with Gasteiger partial charge in [-0.15, -0.1) is 0 Å². The third-order valence-electron chi connectivity index (χ3n) is 11.4. The molecule has 0 aromatic heterocycles. The van der Waals surface area contributed by atoms with Gasteiger partial charge in [0.05, 0.1) is 20.3 Å².